The van der Waals surface area contributed by atoms with Crippen LogP contribution in [0.25, 0.3) is 0 Å². The molecule has 1 atom stereocenters. The lowest BCUT2D eigenvalue weighted by Gasteiger charge is -2.39. The number of hydrogen-bond donors (Lipinski definition) is 2. The fourth-order valence-electron chi connectivity index (χ4n) is 3.40. The zero-order chi connectivity index (χ0) is 10.0. The summed E-state index contributed by atoms with van der Waals surface area (Å²) in [5, 5.41) is 9.31. The number of rotatable bonds is 3. The number of nitrogens with two attached hydrogens (primary N) is 1. The van der Waals surface area contributed by atoms with Crippen molar-refractivity contribution in [2.45, 2.75) is 50.1 Å². The average Bonchev–Trinajstić information content (AvgIpc) is 2.81. The molecule has 2 rings (SSSR count). The molecule has 0 aromatic rings. The van der Waals surface area contributed by atoms with E-state index in [-0.39, 0.29) is 12.6 Å². The molecule has 1 saturated heterocycles. The zero-order valence-electron chi connectivity index (χ0n) is 8.91. The molecule has 1 aliphatic heterocycles. The maximum absolute atomic E-state index is 9.31. The minimum atomic E-state index is 0.204. The van der Waals surface area contributed by atoms with Crippen LogP contribution in [-0.4, -0.2) is 41.3 Å². The Hall–Kier alpha value is -0.120. The molecule has 0 aromatic carbocycles. The molecule has 3 nitrogen and oxygen atoms in total. The van der Waals surface area contributed by atoms with Gasteiger partial charge in [0.15, 0.2) is 0 Å². The Balaban J connectivity index is 2.09. The van der Waals surface area contributed by atoms with Crippen molar-refractivity contribution in [3.63, 3.8) is 0 Å². The van der Waals surface area contributed by atoms with Crippen molar-refractivity contribution in [2.75, 3.05) is 19.7 Å². The van der Waals surface area contributed by atoms with Crippen molar-refractivity contribution in [1.82, 2.24) is 4.90 Å². The Morgan fingerprint density at radius 1 is 1.21 bits per heavy atom. The van der Waals surface area contributed by atoms with E-state index in [0.717, 1.165) is 6.54 Å². The summed E-state index contributed by atoms with van der Waals surface area (Å²) < 4.78 is 0. The first kappa shape index (κ1) is 10.4. The van der Waals surface area contributed by atoms with Gasteiger partial charge in [-0.25, -0.2) is 0 Å². The predicted molar refractivity (Wildman–Crippen MR) is 57.1 cm³/mol. The fraction of sp³-hybridized carbons (Fsp3) is 1.00. The van der Waals surface area contributed by atoms with Gasteiger partial charge in [-0.2, -0.15) is 0 Å². The Morgan fingerprint density at radius 3 is 2.43 bits per heavy atom. The van der Waals surface area contributed by atoms with Crippen LogP contribution in [0.15, 0.2) is 0 Å². The highest BCUT2D eigenvalue weighted by atomic mass is 16.3. The first-order valence-electron chi connectivity index (χ1n) is 5.90. The summed E-state index contributed by atoms with van der Waals surface area (Å²) in [6, 6.07) is 0.204. The quantitative estimate of drug-likeness (QED) is 0.702. The van der Waals surface area contributed by atoms with Gasteiger partial charge in [0.2, 0.25) is 0 Å². The normalized spacial score (nSPS) is 28.7. The highest BCUT2D eigenvalue weighted by Gasteiger charge is 2.44. The van der Waals surface area contributed by atoms with E-state index in [2.05, 4.69) is 4.90 Å². The van der Waals surface area contributed by atoms with Gasteiger partial charge in [0.1, 0.15) is 0 Å². The van der Waals surface area contributed by atoms with Crippen molar-refractivity contribution in [3.8, 4) is 0 Å². The lowest BCUT2D eigenvalue weighted by molar-refractivity contribution is 0.0576. The molecule has 2 fully saturated rings. The summed E-state index contributed by atoms with van der Waals surface area (Å²) in [6.07, 6.45) is 7.98. The van der Waals surface area contributed by atoms with Gasteiger partial charge in [-0.1, -0.05) is 12.8 Å². The van der Waals surface area contributed by atoms with E-state index < -0.39 is 0 Å². The average molecular weight is 198 g/mol. The van der Waals surface area contributed by atoms with E-state index >= 15 is 0 Å². The lowest BCUT2D eigenvalue weighted by Crippen LogP contribution is -2.52. The van der Waals surface area contributed by atoms with Crippen molar-refractivity contribution in [2.24, 2.45) is 5.73 Å². The molecular weight excluding hydrogens is 176 g/mol. The lowest BCUT2D eigenvalue weighted by atomic mass is 9.93. The van der Waals surface area contributed by atoms with Crippen LogP contribution in [0.3, 0.4) is 0 Å². The third-order valence-electron chi connectivity index (χ3n) is 4.11. The molecule has 1 spiro atoms. The summed E-state index contributed by atoms with van der Waals surface area (Å²) in [5.74, 6) is 0. The highest BCUT2D eigenvalue weighted by Crippen LogP contribution is 2.43. The Kier molecular flexibility index (Phi) is 3.10. The summed E-state index contributed by atoms with van der Waals surface area (Å²) in [5.41, 5.74) is 6.14. The second-order valence-corrected chi connectivity index (χ2v) is 4.80. The molecule has 1 saturated carbocycles. The number of hydrogen-bond acceptors (Lipinski definition) is 3. The largest absolute Gasteiger partial charge is 0.395 e. The van der Waals surface area contributed by atoms with Gasteiger partial charge in [-0.3, -0.25) is 4.90 Å². The number of aliphatic hydroxyl groups excluding tert-OH is 1. The number of likely N-dealkylation sites (tertiary alicyclic amines) is 1. The van der Waals surface area contributed by atoms with E-state index in [9.17, 15) is 5.11 Å². The van der Waals surface area contributed by atoms with Crippen LogP contribution >= 0.6 is 0 Å². The molecule has 2 aliphatic rings. The van der Waals surface area contributed by atoms with Crippen LogP contribution in [0.2, 0.25) is 0 Å². The minimum absolute atomic E-state index is 0.204. The van der Waals surface area contributed by atoms with Crippen LogP contribution in [0.1, 0.15) is 38.5 Å². The molecule has 0 aromatic heterocycles. The molecule has 0 bridgehead atoms. The molecule has 3 heteroatoms. The standard InChI is InChI=1S/C11H22N2O/c12-8-10(9-14)13-7-3-6-11(13)4-1-2-5-11/h10,14H,1-9,12H2. The topological polar surface area (TPSA) is 49.5 Å². The van der Waals surface area contributed by atoms with E-state index in [1.165, 1.54) is 38.5 Å². The summed E-state index contributed by atoms with van der Waals surface area (Å²) in [4.78, 5) is 2.50. The monoisotopic (exact) mass is 198 g/mol. The van der Waals surface area contributed by atoms with Gasteiger partial charge in [0, 0.05) is 18.1 Å². The van der Waals surface area contributed by atoms with Gasteiger partial charge >= 0.3 is 0 Å². The molecule has 3 N–H and O–H groups in total. The van der Waals surface area contributed by atoms with Gasteiger partial charge in [-0.05, 0) is 32.2 Å². The smallest absolute Gasteiger partial charge is 0.0599 e. The Morgan fingerprint density at radius 2 is 1.86 bits per heavy atom. The van der Waals surface area contributed by atoms with E-state index in [1.807, 2.05) is 0 Å². The van der Waals surface area contributed by atoms with E-state index in [4.69, 9.17) is 5.73 Å². The molecule has 0 radical (unpaired) electrons. The van der Waals surface area contributed by atoms with Gasteiger partial charge in [0.25, 0.3) is 0 Å². The summed E-state index contributed by atoms with van der Waals surface area (Å²) in [7, 11) is 0. The van der Waals surface area contributed by atoms with Gasteiger partial charge < -0.3 is 10.8 Å². The minimum Gasteiger partial charge on any atom is -0.395 e. The maximum Gasteiger partial charge on any atom is 0.0599 e. The summed E-state index contributed by atoms with van der Waals surface area (Å²) in [6.45, 7) is 1.96. The van der Waals surface area contributed by atoms with Crippen molar-refractivity contribution >= 4 is 0 Å². The van der Waals surface area contributed by atoms with E-state index in [1.54, 1.807) is 0 Å². The number of aliphatic hydroxyl groups is 1. The van der Waals surface area contributed by atoms with Crippen LogP contribution in [0.5, 0.6) is 0 Å². The molecule has 82 valence electrons. The second-order valence-electron chi connectivity index (χ2n) is 4.80. The van der Waals surface area contributed by atoms with Crippen LogP contribution in [0.4, 0.5) is 0 Å². The van der Waals surface area contributed by atoms with Crippen LogP contribution < -0.4 is 5.73 Å². The molecular formula is C11H22N2O. The van der Waals surface area contributed by atoms with Crippen molar-refractivity contribution < 1.29 is 5.11 Å². The summed E-state index contributed by atoms with van der Waals surface area (Å²) >= 11 is 0. The van der Waals surface area contributed by atoms with Gasteiger partial charge in [-0.15, -0.1) is 0 Å². The predicted octanol–water partition coefficient (Wildman–Crippen LogP) is 0.715. The maximum atomic E-state index is 9.31. The van der Waals surface area contributed by atoms with Crippen LogP contribution in [-0.2, 0) is 0 Å². The third-order valence-corrected chi connectivity index (χ3v) is 4.11. The third kappa shape index (κ3) is 1.58. The highest BCUT2D eigenvalue weighted by molar-refractivity contribution is 5.01. The molecule has 1 heterocycles. The van der Waals surface area contributed by atoms with Crippen molar-refractivity contribution in [1.29, 1.82) is 0 Å². The fourth-order valence-corrected chi connectivity index (χ4v) is 3.40. The second kappa shape index (κ2) is 4.17. The molecule has 14 heavy (non-hydrogen) atoms. The molecule has 1 aliphatic carbocycles. The zero-order valence-corrected chi connectivity index (χ0v) is 8.91. The SMILES string of the molecule is NCC(CO)N1CCCC12CCCC2. The van der Waals surface area contributed by atoms with E-state index in [0.29, 0.717) is 12.1 Å². The molecule has 0 amide bonds. The first-order valence-corrected chi connectivity index (χ1v) is 5.90. The first-order chi connectivity index (χ1) is 6.82. The van der Waals surface area contributed by atoms with Gasteiger partial charge in [0.05, 0.1) is 6.61 Å². The van der Waals surface area contributed by atoms with Crippen molar-refractivity contribution in [3.05, 3.63) is 0 Å². The number of nitrogens with zero attached hydrogens (tertiary/aromatic N) is 1. The Labute approximate surface area is 86.3 Å². The van der Waals surface area contributed by atoms with Crippen LogP contribution in [0, 0.1) is 0 Å². The molecule has 1 unspecified atom stereocenters. The Bertz CT molecular complexity index is 180.